The van der Waals surface area contributed by atoms with E-state index in [1.165, 1.54) is 10.8 Å². The predicted molar refractivity (Wildman–Crippen MR) is 141 cm³/mol. The molecule has 1 aliphatic carbocycles. The van der Waals surface area contributed by atoms with Crippen molar-refractivity contribution in [2.75, 3.05) is 20.3 Å². The van der Waals surface area contributed by atoms with Gasteiger partial charge in [0.15, 0.2) is 9.84 Å². The van der Waals surface area contributed by atoms with Crippen LogP contribution in [-0.4, -0.2) is 50.7 Å². The SMILES string of the molecule is COC[C@@H]1CCCN1/N=C(\C[C@H]1CCC[C@@H]1S(=O)(=O)c1ccccc1)c1ccc2ccccc2c1. The van der Waals surface area contributed by atoms with Crippen molar-refractivity contribution in [2.24, 2.45) is 11.0 Å². The molecule has 2 aliphatic rings. The largest absolute Gasteiger partial charge is 0.382 e. The third-order valence-electron chi connectivity index (χ3n) is 7.55. The zero-order valence-corrected chi connectivity index (χ0v) is 21.2. The summed E-state index contributed by atoms with van der Waals surface area (Å²) in [6.45, 7) is 1.56. The van der Waals surface area contributed by atoms with Crippen molar-refractivity contribution in [2.45, 2.75) is 54.7 Å². The van der Waals surface area contributed by atoms with Gasteiger partial charge in [0.05, 0.1) is 28.5 Å². The standard InChI is InChI=1S/C29H34N2O3S/c1-34-21-26-12-8-18-31(26)30-28(24-17-16-22-9-5-6-10-23(22)19-24)20-25-11-7-15-29(25)35(32,33)27-13-3-2-4-14-27/h2-6,9-10,13-14,16-17,19,25-26,29H,7-8,11-12,15,18,20-21H2,1H3/b30-28+/t25-,26+,29+/m1/s1. The molecule has 0 N–H and O–H groups in total. The Kier molecular flexibility index (Phi) is 7.21. The third kappa shape index (κ3) is 5.14. The number of hydrogen-bond donors (Lipinski definition) is 0. The Morgan fingerprint density at radius 2 is 1.71 bits per heavy atom. The van der Waals surface area contributed by atoms with Crippen molar-refractivity contribution in [3.63, 3.8) is 0 Å². The molecular formula is C29H34N2O3S. The molecule has 5 nitrogen and oxygen atoms in total. The lowest BCUT2D eigenvalue weighted by atomic mass is 9.94. The zero-order chi connectivity index (χ0) is 24.3. The summed E-state index contributed by atoms with van der Waals surface area (Å²) < 4.78 is 32.6. The van der Waals surface area contributed by atoms with E-state index in [1.807, 2.05) is 24.3 Å². The summed E-state index contributed by atoms with van der Waals surface area (Å²) in [5.74, 6) is 0.0499. The molecule has 3 atom stereocenters. The molecule has 2 fully saturated rings. The molecule has 1 saturated heterocycles. The molecule has 0 radical (unpaired) electrons. The van der Waals surface area contributed by atoms with Gasteiger partial charge in [-0.15, -0.1) is 0 Å². The molecule has 3 aromatic rings. The Balaban J connectivity index is 1.49. The summed E-state index contributed by atoms with van der Waals surface area (Å²) in [5, 5.41) is 9.35. The topological polar surface area (TPSA) is 59.0 Å². The molecule has 3 aromatic carbocycles. The molecular weight excluding hydrogens is 456 g/mol. The molecule has 1 heterocycles. The second-order valence-corrected chi connectivity index (χ2v) is 12.0. The summed E-state index contributed by atoms with van der Waals surface area (Å²) >= 11 is 0. The number of nitrogens with zero attached hydrogens (tertiary/aromatic N) is 2. The molecule has 35 heavy (non-hydrogen) atoms. The van der Waals surface area contributed by atoms with E-state index in [2.05, 4.69) is 41.4 Å². The van der Waals surface area contributed by atoms with E-state index >= 15 is 0 Å². The van der Waals surface area contributed by atoms with Gasteiger partial charge in [-0.05, 0) is 72.6 Å². The fourth-order valence-corrected chi connectivity index (χ4v) is 7.83. The molecule has 0 bridgehead atoms. The van der Waals surface area contributed by atoms with Gasteiger partial charge in [0.25, 0.3) is 0 Å². The lowest BCUT2D eigenvalue weighted by Gasteiger charge is -2.25. The molecule has 0 unspecified atom stereocenters. The van der Waals surface area contributed by atoms with Crippen LogP contribution >= 0.6 is 0 Å². The van der Waals surface area contributed by atoms with Crippen molar-refractivity contribution in [3.05, 3.63) is 78.4 Å². The fraction of sp³-hybridized carbons (Fsp3) is 0.414. The highest BCUT2D eigenvalue weighted by Crippen LogP contribution is 2.38. The maximum Gasteiger partial charge on any atom is 0.181 e. The molecule has 1 aliphatic heterocycles. The minimum absolute atomic E-state index is 0.0499. The minimum atomic E-state index is -3.39. The first-order valence-electron chi connectivity index (χ1n) is 12.7. The molecule has 0 aromatic heterocycles. The van der Waals surface area contributed by atoms with Crippen LogP contribution in [0.25, 0.3) is 10.8 Å². The van der Waals surface area contributed by atoms with E-state index < -0.39 is 9.84 Å². The normalized spacial score (nSPS) is 23.3. The van der Waals surface area contributed by atoms with E-state index in [9.17, 15) is 8.42 Å². The van der Waals surface area contributed by atoms with E-state index in [0.29, 0.717) is 24.3 Å². The summed E-state index contributed by atoms with van der Waals surface area (Å²) in [6, 6.07) is 24.0. The van der Waals surface area contributed by atoms with Gasteiger partial charge in [0, 0.05) is 13.7 Å². The maximum atomic E-state index is 13.6. The smallest absolute Gasteiger partial charge is 0.181 e. The van der Waals surface area contributed by atoms with Gasteiger partial charge in [-0.25, -0.2) is 8.42 Å². The van der Waals surface area contributed by atoms with Crippen molar-refractivity contribution in [3.8, 4) is 0 Å². The van der Waals surface area contributed by atoms with Crippen LogP contribution in [0.15, 0.2) is 82.8 Å². The van der Waals surface area contributed by atoms with Crippen LogP contribution in [0.3, 0.4) is 0 Å². The molecule has 5 rings (SSSR count). The van der Waals surface area contributed by atoms with Crippen molar-refractivity contribution in [1.82, 2.24) is 5.01 Å². The highest BCUT2D eigenvalue weighted by molar-refractivity contribution is 7.92. The molecule has 6 heteroatoms. The summed E-state index contributed by atoms with van der Waals surface area (Å²) in [7, 11) is -1.65. The van der Waals surface area contributed by atoms with Crippen molar-refractivity contribution < 1.29 is 13.2 Å². The van der Waals surface area contributed by atoms with Gasteiger partial charge < -0.3 is 4.74 Å². The quantitative estimate of drug-likeness (QED) is 0.381. The third-order valence-corrected chi connectivity index (χ3v) is 9.90. The Hall–Kier alpha value is -2.70. The average molecular weight is 491 g/mol. The Morgan fingerprint density at radius 1 is 0.943 bits per heavy atom. The molecule has 0 spiro atoms. The first kappa shape index (κ1) is 24.0. The Bertz CT molecular complexity index is 1290. The highest BCUT2D eigenvalue weighted by atomic mass is 32.2. The van der Waals surface area contributed by atoms with E-state index in [1.54, 1.807) is 19.2 Å². The maximum absolute atomic E-state index is 13.6. The van der Waals surface area contributed by atoms with Crippen LogP contribution in [-0.2, 0) is 14.6 Å². The van der Waals surface area contributed by atoms with Crippen LogP contribution < -0.4 is 0 Å². The number of fused-ring (bicyclic) bond motifs is 1. The van der Waals surface area contributed by atoms with E-state index in [-0.39, 0.29) is 17.2 Å². The lowest BCUT2D eigenvalue weighted by Crippen LogP contribution is -2.31. The van der Waals surface area contributed by atoms with Crippen molar-refractivity contribution in [1.29, 1.82) is 0 Å². The Morgan fingerprint density at radius 3 is 2.51 bits per heavy atom. The summed E-state index contributed by atoms with van der Waals surface area (Å²) in [6.07, 6.45) is 5.37. The number of hydrogen-bond acceptors (Lipinski definition) is 5. The predicted octanol–water partition coefficient (Wildman–Crippen LogP) is 5.69. The molecule has 1 saturated carbocycles. The number of benzene rings is 3. The average Bonchev–Trinajstić information content (AvgIpc) is 3.54. The second-order valence-electron chi connectivity index (χ2n) is 9.81. The van der Waals surface area contributed by atoms with Crippen LogP contribution in [0.5, 0.6) is 0 Å². The number of methoxy groups -OCH3 is 1. The number of sulfone groups is 1. The van der Waals surface area contributed by atoms with Gasteiger partial charge in [0.2, 0.25) is 0 Å². The first-order chi connectivity index (χ1) is 17.1. The van der Waals surface area contributed by atoms with E-state index in [0.717, 1.165) is 43.5 Å². The highest BCUT2D eigenvalue weighted by Gasteiger charge is 2.39. The zero-order valence-electron chi connectivity index (χ0n) is 20.3. The number of ether oxygens (including phenoxy) is 1. The lowest BCUT2D eigenvalue weighted by molar-refractivity contribution is 0.117. The van der Waals surface area contributed by atoms with Gasteiger partial charge in [0.1, 0.15) is 0 Å². The van der Waals surface area contributed by atoms with Gasteiger partial charge in [-0.1, -0.05) is 61.0 Å². The van der Waals surface area contributed by atoms with Gasteiger partial charge in [-0.3, -0.25) is 5.01 Å². The first-order valence-corrected chi connectivity index (χ1v) is 14.2. The number of hydrazone groups is 1. The minimum Gasteiger partial charge on any atom is -0.382 e. The monoisotopic (exact) mass is 490 g/mol. The van der Waals surface area contributed by atoms with Gasteiger partial charge in [-0.2, -0.15) is 5.10 Å². The Labute approximate surface area is 208 Å². The van der Waals surface area contributed by atoms with E-state index in [4.69, 9.17) is 9.84 Å². The number of rotatable bonds is 8. The summed E-state index contributed by atoms with van der Waals surface area (Å²) in [4.78, 5) is 0.431. The van der Waals surface area contributed by atoms with Crippen LogP contribution in [0.4, 0.5) is 0 Å². The van der Waals surface area contributed by atoms with Crippen molar-refractivity contribution >= 4 is 26.3 Å². The second kappa shape index (κ2) is 10.5. The van der Waals surface area contributed by atoms with Crippen LogP contribution in [0, 0.1) is 5.92 Å². The van der Waals surface area contributed by atoms with Crippen LogP contribution in [0.2, 0.25) is 0 Å². The van der Waals surface area contributed by atoms with Crippen LogP contribution in [0.1, 0.15) is 44.1 Å². The summed E-state index contributed by atoms with van der Waals surface area (Å²) in [5.41, 5.74) is 2.06. The molecule has 0 amide bonds. The fourth-order valence-electron chi connectivity index (χ4n) is 5.73. The molecule has 184 valence electrons. The van der Waals surface area contributed by atoms with Gasteiger partial charge >= 0.3 is 0 Å².